The molecule has 0 fully saturated rings. The highest BCUT2D eigenvalue weighted by atomic mass is 32.2. The zero-order valence-corrected chi connectivity index (χ0v) is 14.1. The average molecular weight is 322 g/mol. The van der Waals surface area contributed by atoms with Crippen molar-refractivity contribution in [1.29, 1.82) is 0 Å². The number of terminal acetylenes is 1. The monoisotopic (exact) mass is 322 g/mol. The van der Waals surface area contributed by atoms with Gasteiger partial charge in [-0.1, -0.05) is 6.07 Å². The zero-order chi connectivity index (χ0) is 16.2. The summed E-state index contributed by atoms with van der Waals surface area (Å²) in [5.74, 6) is 3.53. The standard InChI is InChI=1S/C18H18N4S/c1-4-5-6-7-22-12-19-11-16-17(22)21-18(20-16)23-15-9-13(2)8-14(3)10-15/h1,8-12H,5-7H2,2-3H3. The molecule has 116 valence electrons. The van der Waals surface area contributed by atoms with E-state index in [-0.39, 0.29) is 0 Å². The number of nitrogens with zero attached hydrogens (tertiary/aromatic N) is 4. The highest BCUT2D eigenvalue weighted by molar-refractivity contribution is 7.99. The van der Waals surface area contributed by atoms with Gasteiger partial charge < -0.3 is 4.57 Å². The molecule has 0 radical (unpaired) electrons. The smallest absolute Gasteiger partial charge is 0.195 e. The van der Waals surface area contributed by atoms with E-state index in [0.717, 1.165) is 41.0 Å². The highest BCUT2D eigenvalue weighted by Crippen LogP contribution is 2.30. The van der Waals surface area contributed by atoms with Crippen molar-refractivity contribution in [3.8, 4) is 23.9 Å². The van der Waals surface area contributed by atoms with E-state index in [1.165, 1.54) is 11.1 Å². The molecule has 0 N–H and O–H groups in total. The molecule has 0 atom stereocenters. The Balaban J connectivity index is 1.86. The molecular weight excluding hydrogens is 304 g/mol. The first-order valence-corrected chi connectivity index (χ1v) is 8.35. The van der Waals surface area contributed by atoms with Crippen LogP contribution in [0.25, 0.3) is 11.5 Å². The van der Waals surface area contributed by atoms with E-state index in [1.54, 1.807) is 24.3 Å². The molecule has 3 rings (SSSR count). The Kier molecular flexibility index (Phi) is 4.63. The van der Waals surface area contributed by atoms with Crippen LogP contribution in [-0.4, -0.2) is 19.5 Å². The molecule has 0 aromatic heterocycles. The molecule has 2 aliphatic heterocycles. The summed E-state index contributed by atoms with van der Waals surface area (Å²) in [6.07, 6.45) is 10.5. The van der Waals surface area contributed by atoms with E-state index in [2.05, 4.69) is 52.9 Å². The lowest BCUT2D eigenvalue weighted by molar-refractivity contribution is 0.637. The van der Waals surface area contributed by atoms with E-state index in [0.29, 0.717) is 0 Å². The molecule has 0 spiro atoms. The third-order valence-electron chi connectivity index (χ3n) is 3.45. The molecule has 0 unspecified atom stereocenters. The van der Waals surface area contributed by atoms with Crippen molar-refractivity contribution in [2.45, 2.75) is 43.3 Å². The molecule has 4 nitrogen and oxygen atoms in total. The SMILES string of the molecule is C#CCCCn1cncc2nc(Sc3cc(C)cc(C)c3)nc1-2. The fourth-order valence-electron chi connectivity index (χ4n) is 2.52. The maximum atomic E-state index is 5.31. The van der Waals surface area contributed by atoms with E-state index in [4.69, 9.17) is 6.42 Å². The number of fused-ring (bicyclic) bond motifs is 1. The van der Waals surface area contributed by atoms with E-state index >= 15 is 0 Å². The van der Waals surface area contributed by atoms with Gasteiger partial charge in [-0.15, -0.1) is 12.3 Å². The molecule has 2 heterocycles. The molecule has 0 bridgehead atoms. The summed E-state index contributed by atoms with van der Waals surface area (Å²) < 4.78 is 2.02. The predicted molar refractivity (Wildman–Crippen MR) is 92.5 cm³/mol. The number of benzene rings is 1. The van der Waals surface area contributed by atoms with Crippen molar-refractivity contribution >= 4 is 11.8 Å². The largest absolute Gasteiger partial charge is 0.315 e. The van der Waals surface area contributed by atoms with Crippen LogP contribution in [0.15, 0.2) is 40.8 Å². The number of imidazole rings is 1. The summed E-state index contributed by atoms with van der Waals surface area (Å²) in [6.45, 7) is 5.01. The summed E-state index contributed by atoms with van der Waals surface area (Å²) >= 11 is 1.58. The summed E-state index contributed by atoms with van der Waals surface area (Å²) in [4.78, 5) is 14.7. The second-order valence-electron chi connectivity index (χ2n) is 5.54. The van der Waals surface area contributed by atoms with Gasteiger partial charge >= 0.3 is 0 Å². The first kappa shape index (κ1) is 15.6. The number of hydrogen-bond donors (Lipinski definition) is 0. The van der Waals surface area contributed by atoms with Crippen LogP contribution in [0.3, 0.4) is 0 Å². The van der Waals surface area contributed by atoms with Crippen LogP contribution < -0.4 is 0 Å². The number of rotatable bonds is 5. The van der Waals surface area contributed by atoms with Crippen LogP contribution in [0, 0.1) is 26.2 Å². The van der Waals surface area contributed by atoms with Crippen LogP contribution in [-0.2, 0) is 6.54 Å². The zero-order valence-electron chi connectivity index (χ0n) is 13.3. The predicted octanol–water partition coefficient (Wildman–Crippen LogP) is 3.96. The summed E-state index contributed by atoms with van der Waals surface area (Å²) in [7, 11) is 0. The Bertz CT molecular complexity index is 811. The van der Waals surface area contributed by atoms with E-state index in [9.17, 15) is 0 Å². The normalized spacial score (nSPS) is 10.8. The summed E-state index contributed by atoms with van der Waals surface area (Å²) in [6, 6.07) is 6.46. The molecular formula is C18H18N4S. The molecule has 0 aliphatic carbocycles. The van der Waals surface area contributed by atoms with E-state index in [1.807, 2.05) is 4.57 Å². The van der Waals surface area contributed by atoms with Crippen molar-refractivity contribution < 1.29 is 0 Å². The molecule has 0 saturated heterocycles. The maximum absolute atomic E-state index is 5.31. The van der Waals surface area contributed by atoms with Gasteiger partial charge in [-0.25, -0.2) is 15.0 Å². The quantitative estimate of drug-likeness (QED) is 0.527. The molecule has 2 aliphatic rings. The topological polar surface area (TPSA) is 43.6 Å². The first-order valence-electron chi connectivity index (χ1n) is 7.53. The fourth-order valence-corrected chi connectivity index (χ4v) is 3.50. The minimum Gasteiger partial charge on any atom is -0.315 e. The van der Waals surface area contributed by atoms with Crippen molar-refractivity contribution in [2.24, 2.45) is 0 Å². The second-order valence-corrected chi connectivity index (χ2v) is 6.58. The number of aromatic nitrogens is 4. The summed E-state index contributed by atoms with van der Waals surface area (Å²) in [5, 5.41) is 0.753. The third kappa shape index (κ3) is 3.72. The van der Waals surface area contributed by atoms with Crippen molar-refractivity contribution in [1.82, 2.24) is 19.5 Å². The molecule has 5 heteroatoms. The van der Waals surface area contributed by atoms with Crippen molar-refractivity contribution in [2.75, 3.05) is 0 Å². The van der Waals surface area contributed by atoms with Gasteiger partial charge in [0, 0.05) is 17.9 Å². The van der Waals surface area contributed by atoms with Gasteiger partial charge in [-0.05, 0) is 55.3 Å². The van der Waals surface area contributed by atoms with Gasteiger partial charge in [0.2, 0.25) is 0 Å². The van der Waals surface area contributed by atoms with Gasteiger partial charge in [0.05, 0.1) is 12.5 Å². The van der Waals surface area contributed by atoms with Gasteiger partial charge in [0.25, 0.3) is 0 Å². The second kappa shape index (κ2) is 6.84. The molecule has 0 amide bonds. The molecule has 23 heavy (non-hydrogen) atoms. The van der Waals surface area contributed by atoms with Gasteiger partial charge in [0.15, 0.2) is 11.0 Å². The lowest BCUT2D eigenvalue weighted by Crippen LogP contribution is -2.04. The van der Waals surface area contributed by atoms with Crippen LogP contribution in [0.1, 0.15) is 24.0 Å². The van der Waals surface area contributed by atoms with Gasteiger partial charge in [-0.3, -0.25) is 0 Å². The van der Waals surface area contributed by atoms with E-state index < -0.39 is 0 Å². The minimum absolute atomic E-state index is 0.752. The van der Waals surface area contributed by atoms with Gasteiger partial charge in [-0.2, -0.15) is 0 Å². The molecule has 0 saturated carbocycles. The number of hydrogen-bond acceptors (Lipinski definition) is 4. The fraction of sp³-hybridized carbons (Fsp3) is 0.278. The lowest BCUT2D eigenvalue weighted by atomic mass is 10.2. The maximum Gasteiger partial charge on any atom is 0.195 e. The van der Waals surface area contributed by atoms with Crippen LogP contribution in [0.2, 0.25) is 0 Å². The average Bonchev–Trinajstić information content (AvgIpc) is 2.89. The Morgan fingerprint density at radius 1 is 1.17 bits per heavy atom. The minimum atomic E-state index is 0.752. The number of unbranched alkanes of at least 4 members (excludes halogenated alkanes) is 1. The Morgan fingerprint density at radius 2 is 1.96 bits per heavy atom. The lowest BCUT2D eigenvalue weighted by Gasteiger charge is -2.07. The van der Waals surface area contributed by atoms with Crippen molar-refractivity contribution in [3.63, 3.8) is 0 Å². The number of aryl methyl sites for hydroxylation is 3. The first-order chi connectivity index (χ1) is 11.2. The van der Waals surface area contributed by atoms with Crippen molar-refractivity contribution in [3.05, 3.63) is 41.9 Å². The summed E-state index contributed by atoms with van der Waals surface area (Å²) in [5.41, 5.74) is 3.31. The van der Waals surface area contributed by atoms with Gasteiger partial charge in [0.1, 0.15) is 5.69 Å². The molecule has 1 aromatic carbocycles. The Labute approximate surface area is 140 Å². The van der Waals surface area contributed by atoms with Crippen LogP contribution in [0.5, 0.6) is 0 Å². The third-order valence-corrected chi connectivity index (χ3v) is 4.28. The highest BCUT2D eigenvalue weighted by Gasteiger charge is 2.15. The Hall–Kier alpha value is -2.32. The van der Waals surface area contributed by atoms with Crippen LogP contribution >= 0.6 is 11.8 Å². The Morgan fingerprint density at radius 3 is 2.70 bits per heavy atom. The van der Waals surface area contributed by atoms with Crippen LogP contribution in [0.4, 0.5) is 0 Å². The molecule has 1 aromatic rings.